The molecule has 0 spiro atoms. The molecule has 0 amide bonds. The Bertz CT molecular complexity index is 212. The molecule has 1 nitrogen and oxygen atoms in total. The van der Waals surface area contributed by atoms with E-state index in [9.17, 15) is 0 Å². The van der Waals surface area contributed by atoms with Crippen LogP contribution in [0.2, 0.25) is 0 Å². The van der Waals surface area contributed by atoms with Gasteiger partial charge in [0.2, 0.25) is 0 Å². The summed E-state index contributed by atoms with van der Waals surface area (Å²) in [6.45, 7) is 4.47. The summed E-state index contributed by atoms with van der Waals surface area (Å²) in [5.74, 6) is 6.65. The predicted molar refractivity (Wildman–Crippen MR) is 70.8 cm³/mol. The van der Waals surface area contributed by atoms with Crippen molar-refractivity contribution in [3.05, 3.63) is 0 Å². The molecule has 0 aliphatic carbocycles. The average molecular weight is 305 g/mol. The Morgan fingerprint density at radius 2 is 1.93 bits per heavy atom. The molecule has 80 valence electrons. The van der Waals surface area contributed by atoms with Crippen LogP contribution < -0.4 is 5.32 Å². The smallest absolute Gasteiger partial charge is 0.0798 e. The van der Waals surface area contributed by atoms with Crippen molar-refractivity contribution >= 4 is 22.6 Å². The van der Waals surface area contributed by atoms with E-state index in [1.54, 1.807) is 0 Å². The van der Waals surface area contributed by atoms with E-state index in [0.717, 1.165) is 13.0 Å². The first-order valence-corrected chi connectivity index (χ1v) is 6.68. The van der Waals surface area contributed by atoms with Gasteiger partial charge in [0.1, 0.15) is 0 Å². The van der Waals surface area contributed by atoms with Crippen molar-refractivity contribution in [3.63, 3.8) is 0 Å². The van der Waals surface area contributed by atoms with Gasteiger partial charge in [0, 0.05) is 13.0 Å². The van der Waals surface area contributed by atoms with Gasteiger partial charge in [-0.15, -0.1) is 5.92 Å². The summed E-state index contributed by atoms with van der Waals surface area (Å²) in [5.41, 5.74) is 0. The number of rotatable bonds is 0. The van der Waals surface area contributed by atoms with E-state index in [0.29, 0.717) is 0 Å². The molecule has 0 saturated carbocycles. The molecule has 1 N–H and O–H groups in total. The highest BCUT2D eigenvalue weighted by Crippen LogP contribution is 2.24. The van der Waals surface area contributed by atoms with E-state index >= 15 is 0 Å². The van der Waals surface area contributed by atoms with E-state index in [2.05, 4.69) is 46.7 Å². The summed E-state index contributed by atoms with van der Waals surface area (Å²) < 4.78 is 0.205. The van der Waals surface area contributed by atoms with Crippen molar-refractivity contribution in [2.45, 2.75) is 48.9 Å². The zero-order valence-electron chi connectivity index (χ0n) is 9.03. The topological polar surface area (TPSA) is 12.0 Å². The Balaban J connectivity index is 2.41. The lowest BCUT2D eigenvalue weighted by molar-refractivity contribution is 0.564. The molecule has 0 bridgehead atoms. The molecule has 1 rings (SSSR count). The van der Waals surface area contributed by atoms with E-state index in [4.69, 9.17) is 0 Å². The zero-order valence-corrected chi connectivity index (χ0v) is 11.2. The van der Waals surface area contributed by atoms with Crippen LogP contribution in [0.25, 0.3) is 0 Å². The minimum Gasteiger partial charge on any atom is -0.316 e. The largest absolute Gasteiger partial charge is 0.316 e. The molecule has 0 aromatic carbocycles. The van der Waals surface area contributed by atoms with Crippen LogP contribution in [-0.4, -0.2) is 16.5 Å². The number of halogens is 1. The molecule has 1 atom stereocenters. The van der Waals surface area contributed by atoms with Crippen molar-refractivity contribution in [2.75, 3.05) is 13.1 Å². The maximum absolute atomic E-state index is 3.43. The van der Waals surface area contributed by atoms with Gasteiger partial charge in [0.15, 0.2) is 0 Å². The van der Waals surface area contributed by atoms with Crippen molar-refractivity contribution in [1.29, 1.82) is 0 Å². The fourth-order valence-corrected chi connectivity index (χ4v) is 2.22. The van der Waals surface area contributed by atoms with Crippen molar-refractivity contribution < 1.29 is 0 Å². The fourth-order valence-electron chi connectivity index (χ4n) is 1.65. The third-order valence-corrected chi connectivity index (χ3v) is 3.33. The molecule has 14 heavy (non-hydrogen) atoms. The monoisotopic (exact) mass is 305 g/mol. The van der Waals surface area contributed by atoms with Crippen LogP contribution in [-0.2, 0) is 0 Å². The van der Waals surface area contributed by atoms with Crippen LogP contribution in [0, 0.1) is 11.8 Å². The Morgan fingerprint density at radius 1 is 1.14 bits per heavy atom. The Morgan fingerprint density at radius 3 is 2.79 bits per heavy atom. The molecule has 1 aliphatic heterocycles. The number of alkyl halides is 1. The van der Waals surface area contributed by atoms with E-state index in [1.165, 1.54) is 38.6 Å². The first-order chi connectivity index (χ1) is 6.71. The summed E-state index contributed by atoms with van der Waals surface area (Å²) >= 11 is 2.49. The van der Waals surface area contributed by atoms with E-state index < -0.39 is 0 Å². The van der Waals surface area contributed by atoms with Gasteiger partial charge in [-0.2, -0.15) is 0 Å². The van der Waals surface area contributed by atoms with Crippen LogP contribution in [0.15, 0.2) is 0 Å². The van der Waals surface area contributed by atoms with Crippen LogP contribution in [0.3, 0.4) is 0 Å². The second-order valence-corrected chi connectivity index (χ2v) is 6.54. The van der Waals surface area contributed by atoms with Gasteiger partial charge in [-0.1, -0.05) is 47.8 Å². The summed E-state index contributed by atoms with van der Waals surface area (Å²) in [7, 11) is 0. The standard InChI is InChI=1S/C12H20IN/c1-12(13)8-4-2-3-6-10-14-11-7-5-9-12/h14H,2-4,6-8,10-11H2,1H3. The number of hydrogen-bond acceptors (Lipinski definition) is 1. The quantitative estimate of drug-likeness (QED) is 0.412. The van der Waals surface area contributed by atoms with Crippen LogP contribution >= 0.6 is 22.6 Å². The van der Waals surface area contributed by atoms with Gasteiger partial charge in [-0.3, -0.25) is 0 Å². The highest BCUT2D eigenvalue weighted by atomic mass is 127. The van der Waals surface area contributed by atoms with Gasteiger partial charge in [-0.05, 0) is 26.3 Å². The maximum atomic E-state index is 3.43. The molecule has 2 heteroatoms. The van der Waals surface area contributed by atoms with Gasteiger partial charge in [-0.25, -0.2) is 0 Å². The molecule has 1 aliphatic rings. The Kier molecular flexibility index (Phi) is 5.88. The third-order valence-electron chi connectivity index (χ3n) is 2.53. The van der Waals surface area contributed by atoms with Crippen LogP contribution in [0.5, 0.6) is 0 Å². The molecule has 1 unspecified atom stereocenters. The van der Waals surface area contributed by atoms with Crippen LogP contribution in [0.4, 0.5) is 0 Å². The van der Waals surface area contributed by atoms with Crippen molar-refractivity contribution in [2.24, 2.45) is 0 Å². The highest BCUT2D eigenvalue weighted by molar-refractivity contribution is 14.1. The molecular formula is C12H20IN. The minimum atomic E-state index is 0.205. The van der Waals surface area contributed by atoms with Gasteiger partial charge in [0.25, 0.3) is 0 Å². The average Bonchev–Trinajstić information content (AvgIpc) is 2.11. The second kappa shape index (κ2) is 6.68. The van der Waals surface area contributed by atoms with E-state index in [-0.39, 0.29) is 3.42 Å². The minimum absolute atomic E-state index is 0.205. The number of hydrogen-bond donors (Lipinski definition) is 1. The van der Waals surface area contributed by atoms with Gasteiger partial charge >= 0.3 is 0 Å². The first kappa shape index (κ1) is 12.3. The lowest BCUT2D eigenvalue weighted by Gasteiger charge is -2.15. The molecule has 0 aromatic rings. The Hall–Kier alpha value is 0.250. The number of nitrogens with one attached hydrogen (secondary N) is 1. The molecule has 0 radical (unpaired) electrons. The van der Waals surface area contributed by atoms with Gasteiger partial charge < -0.3 is 5.32 Å². The summed E-state index contributed by atoms with van der Waals surface area (Å²) in [5, 5.41) is 3.43. The lowest BCUT2D eigenvalue weighted by Crippen LogP contribution is -2.17. The summed E-state index contributed by atoms with van der Waals surface area (Å²) in [4.78, 5) is 0. The Labute approximate surface area is 102 Å². The summed E-state index contributed by atoms with van der Waals surface area (Å²) in [6, 6.07) is 0. The second-order valence-electron chi connectivity index (χ2n) is 4.16. The van der Waals surface area contributed by atoms with Gasteiger partial charge in [0.05, 0.1) is 3.42 Å². The fraction of sp³-hybridized carbons (Fsp3) is 0.833. The summed E-state index contributed by atoms with van der Waals surface area (Å²) in [6.07, 6.45) is 7.63. The van der Waals surface area contributed by atoms with Crippen molar-refractivity contribution in [1.82, 2.24) is 5.32 Å². The lowest BCUT2D eigenvalue weighted by atomic mass is 10.0. The maximum Gasteiger partial charge on any atom is 0.0798 e. The molecule has 0 fully saturated rings. The van der Waals surface area contributed by atoms with Crippen molar-refractivity contribution in [3.8, 4) is 11.8 Å². The highest BCUT2D eigenvalue weighted by Gasteiger charge is 2.15. The first-order valence-electron chi connectivity index (χ1n) is 5.60. The third kappa shape index (κ3) is 5.87. The van der Waals surface area contributed by atoms with E-state index in [1.807, 2.05) is 0 Å². The molecular weight excluding hydrogens is 285 g/mol. The molecule has 0 aromatic heterocycles. The molecule has 1 heterocycles. The zero-order chi connectivity index (χ0) is 10.3. The predicted octanol–water partition coefficient (Wildman–Crippen LogP) is 3.13. The molecule has 0 saturated heterocycles. The SMILES string of the molecule is CC1(I)C#CCCNCCCCCC1. The van der Waals surface area contributed by atoms with Crippen LogP contribution in [0.1, 0.15) is 45.4 Å². The normalized spacial score (nSPS) is 30.7.